The van der Waals surface area contributed by atoms with Gasteiger partial charge in [0.15, 0.2) is 0 Å². The second kappa shape index (κ2) is 17.6. The number of unbranched alkanes of at least 4 members (excludes halogenated alkanes) is 8. The summed E-state index contributed by atoms with van der Waals surface area (Å²) in [5.41, 5.74) is 0. The highest BCUT2D eigenvalue weighted by molar-refractivity contribution is 6.68. The van der Waals surface area contributed by atoms with E-state index in [2.05, 4.69) is 13.0 Å². The summed E-state index contributed by atoms with van der Waals surface area (Å²) in [4.78, 5) is 11.5. The standard InChI is InChI=1S/C22H44O4Si/c1-6-10-11-12-13-14-15-16-17-18-22(20-19-21(5)23)27(24-7-2,25-8-3)26-9-4/h18H,6-17,19-20H2,1-5H3/b22-18-. The van der Waals surface area contributed by atoms with E-state index in [9.17, 15) is 4.79 Å². The highest BCUT2D eigenvalue weighted by Crippen LogP contribution is 2.26. The van der Waals surface area contributed by atoms with Crippen molar-refractivity contribution in [1.82, 2.24) is 0 Å². The van der Waals surface area contributed by atoms with E-state index < -0.39 is 8.80 Å². The predicted molar refractivity (Wildman–Crippen MR) is 116 cm³/mol. The summed E-state index contributed by atoms with van der Waals surface area (Å²) in [6.45, 7) is 11.5. The van der Waals surface area contributed by atoms with Crippen LogP contribution in [-0.4, -0.2) is 34.4 Å². The summed E-state index contributed by atoms with van der Waals surface area (Å²) in [5, 5.41) is 1.09. The van der Waals surface area contributed by atoms with Crippen molar-refractivity contribution in [2.45, 2.75) is 105 Å². The fourth-order valence-corrected chi connectivity index (χ4v) is 5.99. The molecule has 0 aliphatic rings. The number of ketones is 1. The van der Waals surface area contributed by atoms with Gasteiger partial charge in [-0.2, -0.15) is 0 Å². The molecule has 0 aliphatic carbocycles. The van der Waals surface area contributed by atoms with Crippen molar-refractivity contribution in [3.8, 4) is 0 Å². The Kier molecular flexibility index (Phi) is 17.3. The first kappa shape index (κ1) is 26.5. The molecule has 0 rings (SSSR count). The molecule has 0 aromatic rings. The van der Waals surface area contributed by atoms with Crippen molar-refractivity contribution in [3.63, 3.8) is 0 Å². The van der Waals surface area contributed by atoms with Gasteiger partial charge < -0.3 is 18.1 Å². The Morgan fingerprint density at radius 3 is 1.67 bits per heavy atom. The van der Waals surface area contributed by atoms with Crippen LogP contribution >= 0.6 is 0 Å². The molecule has 0 N–H and O–H groups in total. The molecule has 5 heteroatoms. The highest BCUT2D eigenvalue weighted by atomic mass is 28.4. The zero-order chi connectivity index (χ0) is 20.4. The molecule has 0 amide bonds. The van der Waals surface area contributed by atoms with Crippen molar-refractivity contribution in [2.24, 2.45) is 0 Å². The van der Waals surface area contributed by atoms with Gasteiger partial charge in [0.2, 0.25) is 0 Å². The van der Waals surface area contributed by atoms with Crippen molar-refractivity contribution in [2.75, 3.05) is 19.8 Å². The molecule has 0 spiro atoms. The van der Waals surface area contributed by atoms with Crippen LogP contribution in [0.4, 0.5) is 0 Å². The van der Waals surface area contributed by atoms with Gasteiger partial charge in [0.1, 0.15) is 5.78 Å². The molecule has 0 unspecified atom stereocenters. The van der Waals surface area contributed by atoms with Crippen LogP contribution < -0.4 is 0 Å². The fraction of sp³-hybridized carbons (Fsp3) is 0.864. The van der Waals surface area contributed by atoms with Gasteiger partial charge in [0, 0.05) is 26.2 Å². The fourth-order valence-electron chi connectivity index (χ4n) is 3.22. The molecular weight excluding hydrogens is 356 g/mol. The van der Waals surface area contributed by atoms with E-state index in [0.29, 0.717) is 32.7 Å². The first-order chi connectivity index (χ1) is 13.1. The van der Waals surface area contributed by atoms with Crippen LogP contribution in [0, 0.1) is 0 Å². The first-order valence-electron chi connectivity index (χ1n) is 11.2. The lowest BCUT2D eigenvalue weighted by molar-refractivity contribution is -0.116. The van der Waals surface area contributed by atoms with Gasteiger partial charge in [-0.25, -0.2) is 0 Å². The molecule has 0 bridgehead atoms. The third kappa shape index (κ3) is 12.6. The third-order valence-corrected chi connectivity index (χ3v) is 7.84. The Balaban J connectivity index is 4.77. The van der Waals surface area contributed by atoms with Gasteiger partial charge in [-0.05, 0) is 52.2 Å². The number of rotatable bonds is 19. The van der Waals surface area contributed by atoms with Crippen molar-refractivity contribution in [1.29, 1.82) is 0 Å². The molecule has 4 nitrogen and oxygen atoms in total. The van der Waals surface area contributed by atoms with E-state index in [-0.39, 0.29) is 5.78 Å². The molecule has 0 fully saturated rings. The number of carbonyl (C=O) groups excluding carboxylic acids is 1. The minimum atomic E-state index is -2.87. The van der Waals surface area contributed by atoms with Crippen LogP contribution in [0.5, 0.6) is 0 Å². The lowest BCUT2D eigenvalue weighted by atomic mass is 10.1. The van der Waals surface area contributed by atoms with Crippen molar-refractivity contribution in [3.05, 3.63) is 11.3 Å². The second-order valence-electron chi connectivity index (χ2n) is 7.05. The normalized spacial score (nSPS) is 12.6. The van der Waals surface area contributed by atoms with Gasteiger partial charge in [0.05, 0.1) is 0 Å². The maximum Gasteiger partial charge on any atom is 0.532 e. The smallest absolute Gasteiger partial charge is 0.370 e. The lowest BCUT2D eigenvalue weighted by Crippen LogP contribution is -2.48. The maximum atomic E-state index is 11.5. The van der Waals surface area contributed by atoms with E-state index in [0.717, 1.165) is 11.6 Å². The minimum Gasteiger partial charge on any atom is -0.370 e. The van der Waals surface area contributed by atoms with Gasteiger partial charge in [-0.1, -0.05) is 57.9 Å². The molecule has 0 heterocycles. The zero-order valence-corrected chi connectivity index (χ0v) is 19.6. The SMILES string of the molecule is CCCCCCCCCC/C=C(/CCC(C)=O)[Si](OCC)(OCC)OCC. The Morgan fingerprint density at radius 1 is 0.741 bits per heavy atom. The first-order valence-corrected chi connectivity index (χ1v) is 12.9. The molecule has 0 saturated heterocycles. The monoisotopic (exact) mass is 400 g/mol. The Labute approximate surface area is 169 Å². The van der Waals surface area contributed by atoms with Gasteiger partial charge >= 0.3 is 8.80 Å². The van der Waals surface area contributed by atoms with Crippen LogP contribution in [0.3, 0.4) is 0 Å². The number of hydrogen-bond donors (Lipinski definition) is 0. The Hall–Kier alpha value is -0.493. The minimum absolute atomic E-state index is 0.195. The predicted octanol–water partition coefficient (Wildman–Crippen LogP) is 6.40. The lowest BCUT2D eigenvalue weighted by Gasteiger charge is -2.30. The van der Waals surface area contributed by atoms with Gasteiger partial charge in [-0.15, -0.1) is 0 Å². The molecule has 0 saturated carbocycles. The average molecular weight is 401 g/mol. The number of allylic oxidation sites excluding steroid dienone is 2. The molecule has 27 heavy (non-hydrogen) atoms. The maximum absolute atomic E-state index is 11.5. The average Bonchev–Trinajstić information content (AvgIpc) is 2.63. The largest absolute Gasteiger partial charge is 0.532 e. The van der Waals surface area contributed by atoms with Crippen LogP contribution in [0.15, 0.2) is 11.3 Å². The van der Waals surface area contributed by atoms with Crippen LogP contribution in [0.25, 0.3) is 0 Å². The summed E-state index contributed by atoms with van der Waals surface area (Å²) in [5.74, 6) is 0.195. The molecule has 0 aliphatic heterocycles. The topological polar surface area (TPSA) is 44.8 Å². The zero-order valence-electron chi connectivity index (χ0n) is 18.6. The van der Waals surface area contributed by atoms with E-state index in [1.54, 1.807) is 6.92 Å². The van der Waals surface area contributed by atoms with Crippen LogP contribution in [-0.2, 0) is 18.1 Å². The van der Waals surface area contributed by atoms with Crippen molar-refractivity contribution >= 4 is 14.6 Å². The summed E-state index contributed by atoms with van der Waals surface area (Å²) < 4.78 is 18.2. The second-order valence-corrected chi connectivity index (χ2v) is 9.67. The van der Waals surface area contributed by atoms with Gasteiger partial charge in [-0.3, -0.25) is 0 Å². The van der Waals surface area contributed by atoms with E-state index in [1.165, 1.54) is 51.4 Å². The van der Waals surface area contributed by atoms with E-state index in [4.69, 9.17) is 13.3 Å². The molecule has 0 aromatic carbocycles. The summed E-state index contributed by atoms with van der Waals surface area (Å²) in [6, 6.07) is 0. The molecule has 0 atom stereocenters. The van der Waals surface area contributed by atoms with E-state index in [1.807, 2.05) is 20.8 Å². The number of carbonyl (C=O) groups is 1. The van der Waals surface area contributed by atoms with Crippen LogP contribution in [0.2, 0.25) is 0 Å². The summed E-state index contributed by atoms with van der Waals surface area (Å²) in [7, 11) is -2.87. The van der Waals surface area contributed by atoms with Gasteiger partial charge in [0.25, 0.3) is 0 Å². The quantitative estimate of drug-likeness (QED) is 0.186. The Bertz CT molecular complexity index is 379. The summed E-state index contributed by atoms with van der Waals surface area (Å²) in [6.07, 6.45) is 14.9. The molecular formula is C22H44O4Si. The molecule has 160 valence electrons. The number of hydrogen-bond acceptors (Lipinski definition) is 4. The number of Topliss-reactive ketones (excluding diaryl/α,β-unsaturated/α-hetero) is 1. The summed E-state index contributed by atoms with van der Waals surface area (Å²) >= 11 is 0. The molecule has 0 radical (unpaired) electrons. The third-order valence-electron chi connectivity index (χ3n) is 4.59. The van der Waals surface area contributed by atoms with E-state index >= 15 is 0 Å². The molecule has 0 aromatic heterocycles. The highest BCUT2D eigenvalue weighted by Gasteiger charge is 2.44. The van der Waals surface area contributed by atoms with Crippen LogP contribution in [0.1, 0.15) is 105 Å². The van der Waals surface area contributed by atoms with Crippen molar-refractivity contribution < 1.29 is 18.1 Å². The Morgan fingerprint density at radius 2 is 1.22 bits per heavy atom.